The third-order valence-corrected chi connectivity index (χ3v) is 3.69. The number of fused-ring (bicyclic) bond motifs is 1. The summed E-state index contributed by atoms with van der Waals surface area (Å²) in [6, 6.07) is 5.69. The van der Waals surface area contributed by atoms with E-state index in [1.54, 1.807) is 6.20 Å². The van der Waals surface area contributed by atoms with Gasteiger partial charge in [-0.2, -0.15) is 0 Å². The average Bonchev–Trinajstić information content (AvgIpc) is 2.97. The molecule has 0 radical (unpaired) electrons. The summed E-state index contributed by atoms with van der Waals surface area (Å²) in [6.45, 7) is 0. The Bertz CT molecular complexity index is 718. The van der Waals surface area contributed by atoms with E-state index in [2.05, 4.69) is 9.97 Å². The van der Waals surface area contributed by atoms with E-state index in [1.807, 2.05) is 34.2 Å². The van der Waals surface area contributed by atoms with Gasteiger partial charge in [0.15, 0.2) is 4.96 Å². The Hall–Kier alpha value is -2.21. The predicted octanol–water partition coefficient (Wildman–Crippen LogP) is 2.48. The fourth-order valence-electron chi connectivity index (χ4n) is 1.88. The summed E-state index contributed by atoms with van der Waals surface area (Å²) >= 11 is 1.51. The number of carboxylic acids is 1. The van der Waals surface area contributed by atoms with E-state index in [0.717, 1.165) is 22.0 Å². The number of nitrogens with zero attached hydrogens (tertiary/aromatic N) is 3. The molecule has 0 saturated carbocycles. The van der Waals surface area contributed by atoms with Crippen LogP contribution in [0.1, 0.15) is 12.1 Å². The highest BCUT2D eigenvalue weighted by Gasteiger charge is 2.10. The Balaban J connectivity index is 1.96. The van der Waals surface area contributed by atoms with Crippen molar-refractivity contribution >= 4 is 22.3 Å². The van der Waals surface area contributed by atoms with Gasteiger partial charge in [0.1, 0.15) is 5.69 Å². The lowest BCUT2D eigenvalue weighted by molar-refractivity contribution is -0.136. The molecule has 3 aromatic heterocycles. The Morgan fingerprint density at radius 2 is 2.26 bits per heavy atom. The number of carbonyl (C=O) groups is 1. The standard InChI is InChI=1S/C13H11N3O2S/c17-12(18)5-4-9-8-19-13-15-11(7-16(9)13)10-3-1-2-6-14-10/h1-3,6-8H,4-5H2,(H,17,18). The van der Waals surface area contributed by atoms with Crippen LogP contribution in [0.25, 0.3) is 16.3 Å². The lowest BCUT2D eigenvalue weighted by atomic mass is 10.2. The van der Waals surface area contributed by atoms with Crippen molar-refractivity contribution in [3.05, 3.63) is 41.7 Å². The zero-order valence-corrected chi connectivity index (χ0v) is 10.8. The average molecular weight is 273 g/mol. The van der Waals surface area contributed by atoms with E-state index in [9.17, 15) is 4.79 Å². The molecular formula is C13H11N3O2S. The minimum absolute atomic E-state index is 0.128. The van der Waals surface area contributed by atoms with Crippen LogP contribution in [0.4, 0.5) is 0 Å². The molecule has 5 nitrogen and oxygen atoms in total. The zero-order chi connectivity index (χ0) is 13.2. The van der Waals surface area contributed by atoms with Crippen molar-refractivity contribution in [3.8, 4) is 11.4 Å². The highest BCUT2D eigenvalue weighted by molar-refractivity contribution is 7.15. The van der Waals surface area contributed by atoms with Gasteiger partial charge >= 0.3 is 5.97 Å². The molecule has 0 unspecified atom stereocenters. The van der Waals surface area contributed by atoms with Gasteiger partial charge in [-0.3, -0.25) is 14.2 Å². The first kappa shape index (κ1) is 11.9. The van der Waals surface area contributed by atoms with Crippen molar-refractivity contribution in [1.82, 2.24) is 14.4 Å². The van der Waals surface area contributed by atoms with Crippen LogP contribution in [-0.2, 0) is 11.2 Å². The predicted molar refractivity (Wildman–Crippen MR) is 72.3 cm³/mol. The number of aryl methyl sites for hydroxylation is 1. The fourth-order valence-corrected chi connectivity index (χ4v) is 2.79. The molecule has 0 atom stereocenters. The second-order valence-electron chi connectivity index (χ2n) is 4.11. The summed E-state index contributed by atoms with van der Waals surface area (Å²) < 4.78 is 1.94. The normalized spacial score (nSPS) is 10.9. The van der Waals surface area contributed by atoms with Crippen LogP contribution in [-0.4, -0.2) is 25.4 Å². The van der Waals surface area contributed by atoms with Gasteiger partial charge in [0.05, 0.1) is 12.1 Å². The summed E-state index contributed by atoms with van der Waals surface area (Å²) in [5, 5.41) is 10.7. The smallest absolute Gasteiger partial charge is 0.303 e. The van der Waals surface area contributed by atoms with Crippen LogP contribution in [0.3, 0.4) is 0 Å². The molecule has 0 aromatic carbocycles. The van der Waals surface area contributed by atoms with Gasteiger partial charge in [-0.25, -0.2) is 4.98 Å². The first-order valence-corrected chi connectivity index (χ1v) is 6.70. The molecular weight excluding hydrogens is 262 g/mol. The summed E-state index contributed by atoms with van der Waals surface area (Å²) in [6.07, 6.45) is 4.27. The Morgan fingerprint density at radius 1 is 1.37 bits per heavy atom. The first-order valence-electron chi connectivity index (χ1n) is 5.83. The third kappa shape index (κ3) is 2.34. The number of carboxylic acid groups (broad SMARTS) is 1. The topological polar surface area (TPSA) is 67.5 Å². The molecule has 96 valence electrons. The third-order valence-electron chi connectivity index (χ3n) is 2.81. The molecule has 0 bridgehead atoms. The summed E-state index contributed by atoms with van der Waals surface area (Å²) in [5.74, 6) is -0.788. The van der Waals surface area contributed by atoms with Gasteiger partial charge in [-0.1, -0.05) is 6.07 Å². The lowest BCUT2D eigenvalue weighted by Crippen LogP contribution is -1.99. The van der Waals surface area contributed by atoms with Crippen molar-refractivity contribution in [2.45, 2.75) is 12.8 Å². The second-order valence-corrected chi connectivity index (χ2v) is 4.95. The lowest BCUT2D eigenvalue weighted by Gasteiger charge is -1.96. The summed E-state index contributed by atoms with van der Waals surface area (Å²) in [5.41, 5.74) is 2.60. The summed E-state index contributed by atoms with van der Waals surface area (Å²) in [7, 11) is 0. The molecule has 0 aliphatic heterocycles. The quantitative estimate of drug-likeness (QED) is 0.793. The van der Waals surface area contributed by atoms with E-state index in [1.165, 1.54) is 11.3 Å². The highest BCUT2D eigenvalue weighted by atomic mass is 32.1. The summed E-state index contributed by atoms with van der Waals surface area (Å²) in [4.78, 5) is 20.3. The van der Waals surface area contributed by atoms with Crippen LogP contribution < -0.4 is 0 Å². The van der Waals surface area contributed by atoms with Gasteiger partial charge in [-0.15, -0.1) is 11.3 Å². The number of hydrogen-bond donors (Lipinski definition) is 1. The molecule has 0 aliphatic carbocycles. The van der Waals surface area contributed by atoms with E-state index < -0.39 is 5.97 Å². The highest BCUT2D eigenvalue weighted by Crippen LogP contribution is 2.22. The van der Waals surface area contributed by atoms with E-state index in [4.69, 9.17) is 5.11 Å². The van der Waals surface area contributed by atoms with Crippen LogP contribution in [0.15, 0.2) is 36.0 Å². The molecule has 0 saturated heterocycles. The molecule has 3 rings (SSSR count). The van der Waals surface area contributed by atoms with Crippen molar-refractivity contribution in [3.63, 3.8) is 0 Å². The largest absolute Gasteiger partial charge is 0.481 e. The van der Waals surface area contributed by atoms with Gasteiger partial charge in [0.25, 0.3) is 0 Å². The maximum absolute atomic E-state index is 10.6. The van der Waals surface area contributed by atoms with Crippen LogP contribution in [0, 0.1) is 0 Å². The van der Waals surface area contributed by atoms with Gasteiger partial charge in [0, 0.05) is 23.5 Å². The van der Waals surface area contributed by atoms with Crippen molar-refractivity contribution in [1.29, 1.82) is 0 Å². The molecule has 3 aromatic rings. The van der Waals surface area contributed by atoms with Crippen molar-refractivity contribution in [2.75, 3.05) is 0 Å². The molecule has 19 heavy (non-hydrogen) atoms. The number of pyridine rings is 1. The number of imidazole rings is 1. The SMILES string of the molecule is O=C(O)CCc1csc2nc(-c3ccccn3)cn12. The fraction of sp³-hybridized carbons (Fsp3) is 0.154. The molecule has 0 aliphatic rings. The number of rotatable bonds is 4. The number of thiazole rings is 1. The van der Waals surface area contributed by atoms with E-state index >= 15 is 0 Å². The monoisotopic (exact) mass is 273 g/mol. The van der Waals surface area contributed by atoms with Gasteiger partial charge in [0.2, 0.25) is 0 Å². The number of aromatic nitrogens is 3. The Labute approximate surface area is 113 Å². The maximum Gasteiger partial charge on any atom is 0.303 e. The molecule has 3 heterocycles. The molecule has 0 amide bonds. The van der Waals surface area contributed by atoms with Crippen LogP contribution >= 0.6 is 11.3 Å². The van der Waals surface area contributed by atoms with Crippen molar-refractivity contribution < 1.29 is 9.90 Å². The molecule has 1 N–H and O–H groups in total. The van der Waals surface area contributed by atoms with Crippen molar-refractivity contribution in [2.24, 2.45) is 0 Å². The maximum atomic E-state index is 10.6. The number of hydrogen-bond acceptors (Lipinski definition) is 4. The van der Waals surface area contributed by atoms with E-state index in [0.29, 0.717) is 6.42 Å². The molecule has 0 spiro atoms. The Morgan fingerprint density at radius 3 is 3.00 bits per heavy atom. The van der Waals surface area contributed by atoms with Gasteiger partial charge < -0.3 is 5.11 Å². The van der Waals surface area contributed by atoms with E-state index in [-0.39, 0.29) is 6.42 Å². The van der Waals surface area contributed by atoms with Crippen LogP contribution in [0.5, 0.6) is 0 Å². The minimum atomic E-state index is -0.788. The second kappa shape index (κ2) is 4.81. The Kier molecular flexibility index (Phi) is 3.00. The first-order chi connectivity index (χ1) is 9.24. The molecule has 0 fully saturated rings. The zero-order valence-electron chi connectivity index (χ0n) is 9.98. The molecule has 6 heteroatoms. The van der Waals surface area contributed by atoms with Gasteiger partial charge in [-0.05, 0) is 18.6 Å². The minimum Gasteiger partial charge on any atom is -0.481 e. The number of aliphatic carboxylic acids is 1. The van der Waals surface area contributed by atoms with Crippen LogP contribution in [0.2, 0.25) is 0 Å².